The van der Waals surface area contributed by atoms with E-state index in [2.05, 4.69) is 25.5 Å². The number of nitrogens with one attached hydrogen (secondary N) is 1. The van der Waals surface area contributed by atoms with Gasteiger partial charge in [-0.1, -0.05) is 41.6 Å². The molecule has 0 fully saturated rings. The topological polar surface area (TPSA) is 81.7 Å². The molecule has 13 heteroatoms. The smallest absolute Gasteiger partial charge is 0.359 e. The molecule has 0 unspecified atom stereocenters. The molecule has 5 rings (SSSR count). The van der Waals surface area contributed by atoms with Gasteiger partial charge >= 0.3 is 12.4 Å². The summed E-state index contributed by atoms with van der Waals surface area (Å²) in [7, 11) is 0. The zero-order valence-electron chi connectivity index (χ0n) is 19.4. The minimum Gasteiger partial charge on any atom is -0.359 e. The maximum atomic E-state index is 13.5. The molecule has 2 aliphatic heterocycles. The second-order valence-electron chi connectivity index (χ2n) is 8.39. The molecule has 2 aromatic carbocycles. The number of anilines is 1. The van der Waals surface area contributed by atoms with E-state index in [9.17, 15) is 26.3 Å². The number of aromatic nitrogens is 5. The molecule has 1 aromatic heterocycles. The average Bonchev–Trinajstić information content (AvgIpc) is 3.50. The van der Waals surface area contributed by atoms with Crippen LogP contribution in [0.25, 0.3) is 22.6 Å². The first-order chi connectivity index (χ1) is 18.1. The van der Waals surface area contributed by atoms with E-state index < -0.39 is 29.0 Å². The van der Waals surface area contributed by atoms with Crippen LogP contribution in [0, 0.1) is 0 Å². The second kappa shape index (κ2) is 9.80. The predicted molar refractivity (Wildman–Crippen MR) is 124 cm³/mol. The van der Waals surface area contributed by atoms with Crippen LogP contribution < -0.4 is 5.32 Å². The van der Waals surface area contributed by atoms with Gasteiger partial charge in [-0.25, -0.2) is 9.97 Å². The van der Waals surface area contributed by atoms with Crippen molar-refractivity contribution in [3.8, 4) is 22.6 Å². The third-order valence-electron chi connectivity index (χ3n) is 5.66. The van der Waals surface area contributed by atoms with Crippen molar-refractivity contribution in [1.29, 1.82) is 0 Å². The number of hydrogen-bond donors (Lipinski definition) is 1. The van der Waals surface area contributed by atoms with Crippen LogP contribution in [0.4, 0.5) is 32.3 Å². The number of rotatable bonds is 7. The Morgan fingerprint density at radius 3 is 2.34 bits per heavy atom. The molecule has 0 bridgehead atoms. The largest absolute Gasteiger partial charge is 0.417 e. The van der Waals surface area contributed by atoms with Gasteiger partial charge in [-0.3, -0.25) is 4.68 Å². The van der Waals surface area contributed by atoms with Gasteiger partial charge in [0.05, 0.1) is 23.5 Å². The summed E-state index contributed by atoms with van der Waals surface area (Å²) in [5, 5.41) is 11.0. The fourth-order valence-electron chi connectivity index (χ4n) is 3.84. The monoisotopic (exact) mass is 532 g/mol. The number of halogens is 6. The van der Waals surface area contributed by atoms with E-state index in [4.69, 9.17) is 4.52 Å². The fourth-order valence-corrected chi connectivity index (χ4v) is 3.84. The molecule has 0 saturated carbocycles. The lowest BCUT2D eigenvalue weighted by Gasteiger charge is -2.14. The standard InChI is InChI=1S/C25H18F6N6O/c26-24(27,28)16-6-7-18(19(10-16)25(29,30)31)20-11-17(38-36-20)13-37-14-22-21(12-33-37)34-23(35-22)32-9-8-15-4-2-1-3-5-15/h1-7,10-12,14H,8-9,13H2,(H,32,35). The van der Waals surface area contributed by atoms with E-state index in [1.807, 2.05) is 30.3 Å². The van der Waals surface area contributed by atoms with Gasteiger partial charge in [0, 0.05) is 18.2 Å². The Morgan fingerprint density at radius 1 is 0.842 bits per heavy atom. The maximum absolute atomic E-state index is 13.5. The molecular weight excluding hydrogens is 514 g/mol. The Labute approximate surface area is 211 Å². The molecule has 196 valence electrons. The normalized spacial score (nSPS) is 12.3. The van der Waals surface area contributed by atoms with Crippen LogP contribution >= 0.6 is 0 Å². The van der Waals surface area contributed by atoms with Gasteiger partial charge in [0.25, 0.3) is 0 Å². The first-order valence-corrected chi connectivity index (χ1v) is 11.3. The minimum absolute atomic E-state index is 0.00540. The van der Waals surface area contributed by atoms with Crippen molar-refractivity contribution in [3.63, 3.8) is 0 Å². The van der Waals surface area contributed by atoms with E-state index in [0.717, 1.165) is 12.5 Å². The zero-order valence-corrected chi connectivity index (χ0v) is 19.4. The predicted octanol–water partition coefficient (Wildman–Crippen LogP) is 6.17. The van der Waals surface area contributed by atoms with Crippen LogP contribution in [0.2, 0.25) is 0 Å². The van der Waals surface area contributed by atoms with E-state index in [1.54, 1.807) is 6.20 Å². The summed E-state index contributed by atoms with van der Waals surface area (Å²) in [6.07, 6.45) is -6.09. The first kappa shape index (κ1) is 25.2. The van der Waals surface area contributed by atoms with Gasteiger partial charge in [-0.15, -0.1) is 0 Å². The zero-order chi connectivity index (χ0) is 26.9. The summed E-state index contributed by atoms with van der Waals surface area (Å²) in [6.45, 7) is 0.618. The summed E-state index contributed by atoms with van der Waals surface area (Å²) in [5.41, 5.74) is -1.40. The van der Waals surface area contributed by atoms with Gasteiger partial charge in [-0.2, -0.15) is 31.4 Å². The van der Waals surface area contributed by atoms with Crippen LogP contribution in [-0.4, -0.2) is 31.4 Å². The summed E-state index contributed by atoms with van der Waals surface area (Å²) in [6, 6.07) is 12.5. The molecule has 3 aromatic rings. The molecule has 3 heterocycles. The van der Waals surface area contributed by atoms with Crippen molar-refractivity contribution in [1.82, 2.24) is 24.9 Å². The molecule has 0 aliphatic carbocycles. The van der Waals surface area contributed by atoms with Crippen LogP contribution in [0.3, 0.4) is 0 Å². The third-order valence-corrected chi connectivity index (χ3v) is 5.66. The van der Waals surface area contributed by atoms with Crippen molar-refractivity contribution in [3.05, 3.63) is 89.4 Å². The number of fused-ring (bicyclic) bond motifs is 1. The fraction of sp³-hybridized carbons (Fsp3) is 0.200. The van der Waals surface area contributed by atoms with Crippen molar-refractivity contribution in [2.45, 2.75) is 25.3 Å². The van der Waals surface area contributed by atoms with E-state index in [-0.39, 0.29) is 24.1 Å². The average molecular weight is 532 g/mol. The number of nitrogens with zero attached hydrogens (tertiary/aromatic N) is 5. The summed E-state index contributed by atoms with van der Waals surface area (Å²) >= 11 is 0. The van der Waals surface area contributed by atoms with E-state index in [1.165, 1.54) is 22.5 Å². The molecule has 0 saturated heterocycles. The molecule has 2 aliphatic rings. The van der Waals surface area contributed by atoms with Crippen LogP contribution in [0.15, 0.2) is 71.5 Å². The Morgan fingerprint density at radius 2 is 1.61 bits per heavy atom. The highest BCUT2D eigenvalue weighted by molar-refractivity contribution is 5.65. The highest BCUT2D eigenvalue weighted by Crippen LogP contribution is 2.40. The highest BCUT2D eigenvalue weighted by Gasteiger charge is 2.39. The lowest BCUT2D eigenvalue weighted by atomic mass is 10.0. The molecule has 7 nitrogen and oxygen atoms in total. The third kappa shape index (κ3) is 5.61. The van der Waals surface area contributed by atoms with Crippen molar-refractivity contribution in [2.75, 3.05) is 11.9 Å². The first-order valence-electron chi connectivity index (χ1n) is 11.3. The van der Waals surface area contributed by atoms with Crippen molar-refractivity contribution < 1.29 is 30.9 Å². The summed E-state index contributed by atoms with van der Waals surface area (Å²) in [4.78, 5) is 8.79. The van der Waals surface area contributed by atoms with Gasteiger partial charge < -0.3 is 9.84 Å². The lowest BCUT2D eigenvalue weighted by Crippen LogP contribution is -2.12. The molecule has 0 atom stereocenters. The Kier molecular flexibility index (Phi) is 6.51. The highest BCUT2D eigenvalue weighted by atomic mass is 19.4. The SMILES string of the molecule is FC(F)(F)c1ccc(-c2cc(Cn3cc4nc(NCCc5ccccc5)nc-4cn3)on2)c(C(F)(F)F)c1. The second-order valence-corrected chi connectivity index (χ2v) is 8.39. The van der Waals surface area contributed by atoms with Gasteiger partial charge in [-0.05, 0) is 24.1 Å². The number of imidazole rings is 1. The maximum Gasteiger partial charge on any atom is 0.417 e. The molecule has 38 heavy (non-hydrogen) atoms. The van der Waals surface area contributed by atoms with Crippen LogP contribution in [-0.2, 0) is 25.3 Å². The molecule has 0 amide bonds. The van der Waals surface area contributed by atoms with E-state index >= 15 is 0 Å². The lowest BCUT2D eigenvalue weighted by molar-refractivity contribution is -0.142. The number of benzene rings is 2. The summed E-state index contributed by atoms with van der Waals surface area (Å²) < 4.78 is 86.0. The molecular formula is C25H18F6N6O. The van der Waals surface area contributed by atoms with Gasteiger partial charge in [0.2, 0.25) is 5.95 Å². The number of alkyl halides is 6. The Balaban J connectivity index is 1.31. The van der Waals surface area contributed by atoms with E-state index in [0.29, 0.717) is 29.9 Å². The Hall–Kier alpha value is -4.42. The van der Waals surface area contributed by atoms with Gasteiger partial charge in [0.15, 0.2) is 5.76 Å². The molecule has 0 spiro atoms. The summed E-state index contributed by atoms with van der Waals surface area (Å²) in [5.74, 6) is 0.574. The Bertz CT molecular complexity index is 1510. The van der Waals surface area contributed by atoms with Crippen LogP contribution in [0.1, 0.15) is 22.5 Å². The van der Waals surface area contributed by atoms with Crippen molar-refractivity contribution in [2.24, 2.45) is 0 Å². The number of hydrogen-bond acceptors (Lipinski definition) is 6. The minimum atomic E-state index is -5.03. The quantitative estimate of drug-likeness (QED) is 0.253. The van der Waals surface area contributed by atoms with Crippen molar-refractivity contribution >= 4 is 5.95 Å². The van der Waals surface area contributed by atoms with Gasteiger partial charge in [0.1, 0.15) is 23.6 Å². The molecule has 1 N–H and O–H groups in total. The molecule has 0 radical (unpaired) electrons. The van der Waals surface area contributed by atoms with Crippen LogP contribution in [0.5, 0.6) is 0 Å².